The molecule has 0 aromatic heterocycles. The predicted molar refractivity (Wildman–Crippen MR) is 121 cm³/mol. The highest BCUT2D eigenvalue weighted by Crippen LogP contribution is 2.12. The monoisotopic (exact) mass is 469 g/mol. The summed E-state index contributed by atoms with van der Waals surface area (Å²) in [4.78, 5) is 48.4. The van der Waals surface area contributed by atoms with Gasteiger partial charge in [0.1, 0.15) is 24.4 Å². The first kappa shape index (κ1) is 27.2. The molecule has 3 amide bonds. The van der Waals surface area contributed by atoms with Crippen LogP contribution >= 0.6 is 12.6 Å². The van der Waals surface area contributed by atoms with E-state index in [1.807, 2.05) is 0 Å². The Balaban J connectivity index is 2.99. The first-order valence-corrected chi connectivity index (χ1v) is 10.8. The molecule has 0 aliphatic heterocycles. The number of benzene rings is 1. The Morgan fingerprint density at radius 1 is 0.969 bits per heavy atom. The van der Waals surface area contributed by atoms with Crippen molar-refractivity contribution in [3.05, 3.63) is 29.8 Å². The number of hydrogen-bond acceptors (Lipinski definition) is 8. The zero-order valence-electron chi connectivity index (χ0n) is 17.6. The summed E-state index contributed by atoms with van der Waals surface area (Å²) >= 11 is 3.98. The Hall–Kier alpha value is -2.83. The molecule has 32 heavy (non-hydrogen) atoms. The molecule has 0 aliphatic rings. The van der Waals surface area contributed by atoms with Crippen LogP contribution in [0, 0.1) is 0 Å². The molecule has 0 aliphatic carbocycles. The number of nitrogens with two attached hydrogens (primary N) is 2. The highest BCUT2D eigenvalue weighted by molar-refractivity contribution is 7.80. The molecule has 1 aromatic rings. The highest BCUT2D eigenvalue weighted by atomic mass is 32.1. The maximum absolute atomic E-state index is 13.0. The van der Waals surface area contributed by atoms with E-state index in [4.69, 9.17) is 16.6 Å². The van der Waals surface area contributed by atoms with Gasteiger partial charge in [-0.2, -0.15) is 12.6 Å². The van der Waals surface area contributed by atoms with Gasteiger partial charge in [0.15, 0.2) is 0 Å². The molecule has 12 heteroatoms. The van der Waals surface area contributed by atoms with Crippen LogP contribution in [0.4, 0.5) is 0 Å². The number of carboxylic acids is 1. The number of phenols is 1. The van der Waals surface area contributed by atoms with Crippen molar-refractivity contribution in [1.29, 1.82) is 0 Å². The van der Waals surface area contributed by atoms with E-state index in [-0.39, 0.29) is 24.3 Å². The lowest BCUT2D eigenvalue weighted by atomic mass is 10.0. The van der Waals surface area contributed by atoms with Crippen LogP contribution in [0.2, 0.25) is 0 Å². The molecule has 0 radical (unpaired) electrons. The van der Waals surface area contributed by atoms with Crippen LogP contribution in [0.1, 0.15) is 24.8 Å². The van der Waals surface area contributed by atoms with Crippen LogP contribution in [0.15, 0.2) is 24.3 Å². The smallest absolute Gasteiger partial charge is 0.322 e. The Labute approximate surface area is 191 Å². The van der Waals surface area contributed by atoms with Crippen LogP contribution < -0.4 is 27.4 Å². The summed E-state index contributed by atoms with van der Waals surface area (Å²) in [5, 5.41) is 25.6. The Kier molecular flexibility index (Phi) is 12.1. The first-order valence-electron chi connectivity index (χ1n) is 10.1. The third-order valence-corrected chi connectivity index (χ3v) is 4.93. The fourth-order valence-electron chi connectivity index (χ4n) is 2.76. The maximum Gasteiger partial charge on any atom is 0.322 e. The van der Waals surface area contributed by atoms with Crippen LogP contribution in [0.5, 0.6) is 5.75 Å². The minimum atomic E-state index is -1.22. The van der Waals surface area contributed by atoms with E-state index in [1.165, 1.54) is 12.1 Å². The molecule has 9 N–H and O–H groups in total. The molecule has 0 heterocycles. The van der Waals surface area contributed by atoms with Gasteiger partial charge >= 0.3 is 5.97 Å². The zero-order valence-corrected chi connectivity index (χ0v) is 18.5. The molecule has 3 unspecified atom stereocenters. The summed E-state index contributed by atoms with van der Waals surface area (Å²) in [5.74, 6) is -2.98. The van der Waals surface area contributed by atoms with E-state index >= 15 is 0 Å². The SMILES string of the molecule is NCCCCC(NC(=O)C(Cc1ccc(O)cc1)NC(=O)C(N)CS)C(=O)NCC(=O)O. The molecular weight excluding hydrogens is 438 g/mol. The normalized spacial score (nSPS) is 13.5. The van der Waals surface area contributed by atoms with E-state index in [0.717, 1.165) is 0 Å². The van der Waals surface area contributed by atoms with Crippen molar-refractivity contribution in [2.75, 3.05) is 18.8 Å². The van der Waals surface area contributed by atoms with E-state index in [0.29, 0.717) is 24.9 Å². The fourth-order valence-corrected chi connectivity index (χ4v) is 2.92. The van der Waals surface area contributed by atoms with Crippen LogP contribution in [0.3, 0.4) is 0 Å². The Morgan fingerprint density at radius 2 is 1.59 bits per heavy atom. The number of carbonyl (C=O) groups is 4. The van der Waals surface area contributed by atoms with Crippen molar-refractivity contribution in [2.45, 2.75) is 43.8 Å². The van der Waals surface area contributed by atoms with Crippen LogP contribution in [0.25, 0.3) is 0 Å². The van der Waals surface area contributed by atoms with Crippen molar-refractivity contribution < 1.29 is 29.4 Å². The number of carboxylic acid groups (broad SMARTS) is 1. The average Bonchev–Trinajstić information content (AvgIpc) is 2.76. The molecule has 1 aromatic carbocycles. The number of rotatable bonds is 14. The lowest BCUT2D eigenvalue weighted by Gasteiger charge is -2.24. The summed E-state index contributed by atoms with van der Waals surface area (Å²) in [7, 11) is 0. The van der Waals surface area contributed by atoms with Gasteiger partial charge in [-0.1, -0.05) is 12.1 Å². The second-order valence-electron chi connectivity index (χ2n) is 7.18. The highest BCUT2D eigenvalue weighted by Gasteiger charge is 2.28. The van der Waals surface area contributed by atoms with Gasteiger partial charge in [-0.3, -0.25) is 19.2 Å². The van der Waals surface area contributed by atoms with Crippen molar-refractivity contribution in [1.82, 2.24) is 16.0 Å². The average molecular weight is 470 g/mol. The van der Waals surface area contributed by atoms with Crippen molar-refractivity contribution in [3.8, 4) is 5.75 Å². The summed E-state index contributed by atoms with van der Waals surface area (Å²) in [5.41, 5.74) is 11.8. The van der Waals surface area contributed by atoms with Gasteiger partial charge in [-0.25, -0.2) is 0 Å². The van der Waals surface area contributed by atoms with E-state index in [1.54, 1.807) is 12.1 Å². The molecular formula is C20H31N5O6S. The summed E-state index contributed by atoms with van der Waals surface area (Å²) in [6.07, 6.45) is 1.46. The first-order chi connectivity index (χ1) is 15.2. The maximum atomic E-state index is 13.0. The number of amides is 3. The van der Waals surface area contributed by atoms with Crippen molar-refractivity contribution >= 4 is 36.3 Å². The number of nitrogens with one attached hydrogen (secondary N) is 3. The van der Waals surface area contributed by atoms with Gasteiger partial charge in [0.25, 0.3) is 0 Å². The second-order valence-corrected chi connectivity index (χ2v) is 7.54. The molecule has 178 valence electrons. The largest absolute Gasteiger partial charge is 0.508 e. The number of thiol groups is 1. The van der Waals surface area contributed by atoms with Gasteiger partial charge in [-0.05, 0) is 43.5 Å². The minimum Gasteiger partial charge on any atom is -0.508 e. The third-order valence-electron chi connectivity index (χ3n) is 4.54. The lowest BCUT2D eigenvalue weighted by molar-refractivity contribution is -0.138. The van der Waals surface area contributed by atoms with Crippen molar-refractivity contribution in [2.24, 2.45) is 11.5 Å². The minimum absolute atomic E-state index is 0.0472. The fraction of sp³-hybridized carbons (Fsp3) is 0.500. The number of aromatic hydroxyl groups is 1. The molecule has 0 fully saturated rings. The van der Waals surface area contributed by atoms with E-state index in [9.17, 15) is 24.3 Å². The van der Waals surface area contributed by atoms with E-state index < -0.39 is 48.4 Å². The Bertz CT molecular complexity index is 776. The summed E-state index contributed by atoms with van der Waals surface area (Å²) < 4.78 is 0. The zero-order chi connectivity index (χ0) is 24.1. The lowest BCUT2D eigenvalue weighted by Crippen LogP contribution is -2.56. The molecule has 0 bridgehead atoms. The summed E-state index contributed by atoms with van der Waals surface area (Å²) in [6, 6.07) is 3.07. The number of hydrogen-bond donors (Lipinski definition) is 8. The topological polar surface area (TPSA) is 197 Å². The van der Waals surface area contributed by atoms with E-state index in [2.05, 4.69) is 28.6 Å². The second kappa shape index (κ2) is 14.3. The van der Waals surface area contributed by atoms with Crippen LogP contribution in [-0.4, -0.2) is 70.9 Å². The standard InChI is InChI=1S/C20H31N5O6S/c21-8-2-1-3-15(19(30)23-10-17(27)28)24-20(31)16(25-18(29)14(22)11-32)9-12-4-6-13(26)7-5-12/h4-7,14-16,26,32H,1-3,8-11,21-22H2,(H,23,30)(H,24,31)(H,25,29)(H,27,28). The summed E-state index contributed by atoms with van der Waals surface area (Å²) in [6.45, 7) is -0.189. The van der Waals surface area contributed by atoms with Crippen molar-refractivity contribution in [3.63, 3.8) is 0 Å². The van der Waals surface area contributed by atoms with Crippen LogP contribution in [-0.2, 0) is 25.6 Å². The third kappa shape index (κ3) is 9.98. The molecule has 3 atom stereocenters. The molecule has 0 saturated heterocycles. The molecule has 11 nitrogen and oxygen atoms in total. The Morgan fingerprint density at radius 3 is 2.16 bits per heavy atom. The quantitative estimate of drug-likeness (QED) is 0.119. The molecule has 0 saturated carbocycles. The van der Waals surface area contributed by atoms with Gasteiger partial charge in [0.2, 0.25) is 17.7 Å². The van der Waals surface area contributed by atoms with Gasteiger partial charge in [0, 0.05) is 12.2 Å². The number of unbranched alkanes of at least 4 members (excludes halogenated alkanes) is 1. The number of carbonyl (C=O) groups excluding carboxylic acids is 3. The molecule has 1 rings (SSSR count). The number of aliphatic carboxylic acids is 1. The molecule has 0 spiro atoms. The van der Waals surface area contributed by atoms with Gasteiger partial charge in [0.05, 0.1) is 6.04 Å². The predicted octanol–water partition coefficient (Wildman–Crippen LogP) is -1.51. The van der Waals surface area contributed by atoms with Gasteiger partial charge in [-0.15, -0.1) is 0 Å². The van der Waals surface area contributed by atoms with Gasteiger partial charge < -0.3 is 37.6 Å². The number of phenolic OH excluding ortho intramolecular Hbond substituents is 1.